The van der Waals surface area contributed by atoms with Gasteiger partial charge in [-0.25, -0.2) is 0 Å². The van der Waals surface area contributed by atoms with Crippen LogP contribution in [-0.2, 0) is 0 Å². The van der Waals surface area contributed by atoms with Crippen molar-refractivity contribution in [3.63, 3.8) is 0 Å². The Labute approximate surface area is 118 Å². The van der Waals surface area contributed by atoms with Gasteiger partial charge in [0.15, 0.2) is 0 Å². The number of amidine groups is 1. The maximum absolute atomic E-state index is 9.63. The van der Waals surface area contributed by atoms with Crippen LogP contribution in [0.4, 0.5) is 5.69 Å². The number of benzene rings is 1. The summed E-state index contributed by atoms with van der Waals surface area (Å²) >= 11 is 6.14. The largest absolute Gasteiger partial charge is 0.393 e. The normalized spacial score (nSPS) is 18.4. The molecule has 5 heteroatoms. The van der Waals surface area contributed by atoms with Crippen LogP contribution < -0.4 is 10.6 Å². The van der Waals surface area contributed by atoms with E-state index in [1.54, 1.807) is 6.07 Å². The second-order valence-electron chi connectivity index (χ2n) is 5.11. The van der Waals surface area contributed by atoms with E-state index in [1.165, 1.54) is 0 Å². The Bertz CT molecular complexity index is 468. The maximum Gasteiger partial charge on any atom is 0.126 e. The summed E-state index contributed by atoms with van der Waals surface area (Å²) in [5.74, 6) is 0.356. The first kappa shape index (κ1) is 14.2. The van der Waals surface area contributed by atoms with Gasteiger partial charge in [0.2, 0.25) is 0 Å². The first-order chi connectivity index (χ1) is 9.00. The lowest BCUT2D eigenvalue weighted by Gasteiger charge is -2.35. The Morgan fingerprint density at radius 2 is 2.11 bits per heavy atom. The van der Waals surface area contributed by atoms with E-state index in [-0.39, 0.29) is 11.9 Å². The molecule has 0 aromatic heterocycles. The summed E-state index contributed by atoms with van der Waals surface area (Å²) in [6.45, 7) is 3.56. The monoisotopic (exact) mass is 281 g/mol. The summed E-state index contributed by atoms with van der Waals surface area (Å²) in [5.41, 5.74) is 7.16. The highest BCUT2D eigenvalue weighted by molar-refractivity contribution is 6.34. The van der Waals surface area contributed by atoms with E-state index < -0.39 is 0 Å². The van der Waals surface area contributed by atoms with Gasteiger partial charge in [-0.3, -0.25) is 5.41 Å². The highest BCUT2D eigenvalue weighted by Crippen LogP contribution is 2.31. The summed E-state index contributed by atoms with van der Waals surface area (Å²) in [7, 11) is 0. The number of piperidine rings is 1. The number of aliphatic hydroxyl groups excluding tert-OH is 1. The molecule has 1 aliphatic heterocycles. The minimum atomic E-state index is -0.256. The van der Waals surface area contributed by atoms with E-state index in [9.17, 15) is 5.11 Å². The van der Waals surface area contributed by atoms with Crippen molar-refractivity contribution >= 4 is 23.1 Å². The fourth-order valence-corrected chi connectivity index (χ4v) is 2.94. The maximum atomic E-state index is 9.63. The van der Waals surface area contributed by atoms with E-state index in [4.69, 9.17) is 22.7 Å². The average molecular weight is 282 g/mol. The molecule has 1 atom stereocenters. The zero-order chi connectivity index (χ0) is 14.0. The van der Waals surface area contributed by atoms with Gasteiger partial charge in [-0.05, 0) is 37.8 Å². The predicted octanol–water partition coefficient (Wildman–Crippen LogP) is 2.22. The molecule has 0 spiro atoms. The summed E-state index contributed by atoms with van der Waals surface area (Å²) < 4.78 is 0. The molecule has 0 saturated carbocycles. The molecule has 1 aromatic carbocycles. The topological polar surface area (TPSA) is 73.3 Å². The third-order valence-electron chi connectivity index (χ3n) is 3.82. The van der Waals surface area contributed by atoms with E-state index in [2.05, 4.69) is 4.90 Å². The van der Waals surface area contributed by atoms with Gasteiger partial charge in [-0.15, -0.1) is 0 Å². The SMILES string of the molecule is CC(O)C1CCN(c2cccc(Cl)c2C(=N)N)CC1. The number of hydrogen-bond donors (Lipinski definition) is 3. The third kappa shape index (κ3) is 3.01. The van der Waals surface area contributed by atoms with Gasteiger partial charge < -0.3 is 15.7 Å². The first-order valence-electron chi connectivity index (χ1n) is 6.56. The lowest BCUT2D eigenvalue weighted by molar-refractivity contribution is 0.110. The minimum absolute atomic E-state index is 0.00162. The molecular weight excluding hydrogens is 262 g/mol. The molecule has 2 rings (SSSR count). The Hall–Kier alpha value is -1.26. The standard InChI is InChI=1S/C14H20ClN3O/c1-9(19)10-5-7-18(8-6-10)12-4-2-3-11(15)13(12)14(16)17/h2-4,9-10,19H,5-8H2,1H3,(H3,16,17). The molecule has 0 bridgehead atoms. The summed E-state index contributed by atoms with van der Waals surface area (Å²) in [6.07, 6.45) is 1.64. The second kappa shape index (κ2) is 5.80. The molecule has 1 fully saturated rings. The van der Waals surface area contributed by atoms with Gasteiger partial charge >= 0.3 is 0 Å². The number of nitrogens with one attached hydrogen (secondary N) is 1. The van der Waals surface area contributed by atoms with Crippen LogP contribution in [0, 0.1) is 11.3 Å². The van der Waals surface area contributed by atoms with Crippen LogP contribution in [0.2, 0.25) is 5.02 Å². The minimum Gasteiger partial charge on any atom is -0.393 e. The zero-order valence-electron chi connectivity index (χ0n) is 11.1. The molecular formula is C14H20ClN3O. The third-order valence-corrected chi connectivity index (χ3v) is 4.14. The number of nitrogen functional groups attached to an aromatic ring is 1. The van der Waals surface area contributed by atoms with Crippen molar-refractivity contribution in [1.82, 2.24) is 0 Å². The van der Waals surface area contributed by atoms with Crippen molar-refractivity contribution in [1.29, 1.82) is 5.41 Å². The first-order valence-corrected chi connectivity index (χ1v) is 6.94. The van der Waals surface area contributed by atoms with Crippen molar-refractivity contribution in [2.75, 3.05) is 18.0 Å². The van der Waals surface area contributed by atoms with Gasteiger partial charge in [0, 0.05) is 18.8 Å². The molecule has 0 aliphatic carbocycles. The number of aliphatic hydroxyl groups is 1. The number of halogens is 1. The Morgan fingerprint density at radius 3 is 2.63 bits per heavy atom. The van der Waals surface area contributed by atoms with Crippen molar-refractivity contribution in [3.05, 3.63) is 28.8 Å². The average Bonchev–Trinajstić information content (AvgIpc) is 2.38. The number of nitrogens with zero attached hydrogens (tertiary/aromatic N) is 1. The molecule has 1 aromatic rings. The lowest BCUT2D eigenvalue weighted by atomic mass is 9.91. The van der Waals surface area contributed by atoms with E-state index >= 15 is 0 Å². The Balaban J connectivity index is 2.20. The van der Waals surface area contributed by atoms with Gasteiger partial charge in [-0.1, -0.05) is 17.7 Å². The number of anilines is 1. The highest BCUT2D eigenvalue weighted by atomic mass is 35.5. The molecule has 0 amide bonds. The quantitative estimate of drug-likeness (QED) is 0.587. The number of hydrogen-bond acceptors (Lipinski definition) is 3. The molecule has 4 N–H and O–H groups in total. The van der Waals surface area contributed by atoms with Crippen molar-refractivity contribution in [3.8, 4) is 0 Å². The van der Waals surface area contributed by atoms with Crippen molar-refractivity contribution < 1.29 is 5.11 Å². The predicted molar refractivity (Wildman–Crippen MR) is 79.1 cm³/mol. The molecule has 0 radical (unpaired) electrons. The van der Waals surface area contributed by atoms with Crippen LogP contribution in [0.5, 0.6) is 0 Å². The van der Waals surface area contributed by atoms with Gasteiger partial charge in [-0.2, -0.15) is 0 Å². The van der Waals surface area contributed by atoms with E-state index in [1.807, 2.05) is 19.1 Å². The second-order valence-corrected chi connectivity index (χ2v) is 5.52. The summed E-state index contributed by atoms with van der Waals surface area (Å²) in [6, 6.07) is 5.58. The van der Waals surface area contributed by atoms with E-state index in [0.717, 1.165) is 31.6 Å². The zero-order valence-corrected chi connectivity index (χ0v) is 11.8. The van der Waals surface area contributed by atoms with Crippen LogP contribution in [0.15, 0.2) is 18.2 Å². The Morgan fingerprint density at radius 1 is 1.47 bits per heavy atom. The molecule has 1 unspecified atom stereocenters. The van der Waals surface area contributed by atoms with Crippen LogP contribution in [-0.4, -0.2) is 30.1 Å². The van der Waals surface area contributed by atoms with Gasteiger partial charge in [0.1, 0.15) is 5.84 Å². The van der Waals surface area contributed by atoms with Crippen LogP contribution >= 0.6 is 11.6 Å². The van der Waals surface area contributed by atoms with Gasteiger partial charge in [0.05, 0.1) is 16.7 Å². The number of rotatable bonds is 3. The highest BCUT2D eigenvalue weighted by Gasteiger charge is 2.24. The van der Waals surface area contributed by atoms with Crippen LogP contribution in [0.1, 0.15) is 25.3 Å². The lowest BCUT2D eigenvalue weighted by Crippen LogP contribution is -2.38. The van der Waals surface area contributed by atoms with Crippen LogP contribution in [0.3, 0.4) is 0 Å². The summed E-state index contributed by atoms with van der Waals surface area (Å²) in [5, 5.41) is 17.8. The molecule has 104 valence electrons. The fourth-order valence-electron chi connectivity index (χ4n) is 2.67. The smallest absolute Gasteiger partial charge is 0.126 e. The molecule has 1 aliphatic rings. The summed E-state index contributed by atoms with van der Waals surface area (Å²) in [4.78, 5) is 2.20. The fraction of sp³-hybridized carbons (Fsp3) is 0.500. The van der Waals surface area contributed by atoms with Crippen molar-refractivity contribution in [2.45, 2.75) is 25.9 Å². The molecule has 1 saturated heterocycles. The number of nitrogens with two attached hydrogens (primary N) is 1. The molecule has 1 heterocycles. The van der Waals surface area contributed by atoms with Gasteiger partial charge in [0.25, 0.3) is 0 Å². The molecule has 4 nitrogen and oxygen atoms in total. The van der Waals surface area contributed by atoms with Crippen molar-refractivity contribution in [2.24, 2.45) is 11.7 Å². The van der Waals surface area contributed by atoms with Crippen LogP contribution in [0.25, 0.3) is 0 Å². The molecule has 19 heavy (non-hydrogen) atoms. The Kier molecular flexibility index (Phi) is 4.32. The van der Waals surface area contributed by atoms with E-state index in [0.29, 0.717) is 16.5 Å².